The second-order valence-corrected chi connectivity index (χ2v) is 4.35. The maximum absolute atomic E-state index is 4.22. The Hall–Kier alpha value is -2.34. The highest BCUT2D eigenvalue weighted by atomic mass is 14.1. The Labute approximate surface area is 122 Å². The van der Waals surface area contributed by atoms with Crippen molar-refractivity contribution in [3.63, 3.8) is 0 Å². The number of benzene rings is 1. The van der Waals surface area contributed by atoms with E-state index < -0.39 is 0 Å². The van der Waals surface area contributed by atoms with Crippen molar-refractivity contribution in [1.82, 2.24) is 0 Å². The minimum Gasteiger partial charge on any atom is -0.0984 e. The van der Waals surface area contributed by atoms with Crippen LogP contribution in [0.1, 0.15) is 36.1 Å². The first-order valence-corrected chi connectivity index (χ1v) is 6.68. The first-order chi connectivity index (χ1) is 9.65. The molecule has 0 unspecified atom stereocenters. The molecule has 0 bridgehead atoms. The molecule has 20 heavy (non-hydrogen) atoms. The summed E-state index contributed by atoms with van der Waals surface area (Å²) in [4.78, 5) is 0. The fourth-order valence-corrected chi connectivity index (χ4v) is 2.31. The smallest absolute Gasteiger partial charge is 0.0103 e. The molecule has 0 amide bonds. The molecule has 1 aromatic rings. The van der Waals surface area contributed by atoms with Crippen molar-refractivity contribution in [1.29, 1.82) is 0 Å². The zero-order valence-electron chi connectivity index (χ0n) is 12.4. The van der Waals surface area contributed by atoms with Gasteiger partial charge in [-0.2, -0.15) is 0 Å². The van der Waals surface area contributed by atoms with Gasteiger partial charge in [-0.1, -0.05) is 74.9 Å². The van der Waals surface area contributed by atoms with Crippen LogP contribution in [0.3, 0.4) is 0 Å². The second kappa shape index (κ2) is 7.30. The molecular weight excluding hydrogens is 240 g/mol. The zero-order chi connectivity index (χ0) is 15.1. The van der Waals surface area contributed by atoms with E-state index in [1.165, 1.54) is 0 Å². The summed E-state index contributed by atoms with van der Waals surface area (Å²) in [6.45, 7) is 20.0. The molecule has 1 rings (SSSR count). The highest BCUT2D eigenvalue weighted by Crippen LogP contribution is 2.19. The third-order valence-electron chi connectivity index (χ3n) is 3.21. The van der Waals surface area contributed by atoms with Crippen LogP contribution in [0.25, 0.3) is 37.0 Å². The van der Waals surface area contributed by atoms with Crippen LogP contribution >= 0.6 is 0 Å². The molecule has 0 aliphatic carbocycles. The van der Waals surface area contributed by atoms with E-state index in [2.05, 4.69) is 38.5 Å². The van der Waals surface area contributed by atoms with E-state index in [0.717, 1.165) is 32.7 Å². The topological polar surface area (TPSA) is 0 Å². The van der Waals surface area contributed by atoms with Gasteiger partial charge in [0.25, 0.3) is 0 Å². The molecular formula is C20H22. The Balaban J connectivity index is 4.12. The molecule has 0 fully saturated rings. The van der Waals surface area contributed by atoms with Crippen molar-refractivity contribution in [2.75, 3.05) is 0 Å². The minimum atomic E-state index is 0.965. The summed E-state index contributed by atoms with van der Waals surface area (Å²) in [5, 5.41) is 2.06. The third kappa shape index (κ3) is 2.80. The summed E-state index contributed by atoms with van der Waals surface area (Å²) >= 11 is 0. The molecule has 0 N–H and O–H groups in total. The van der Waals surface area contributed by atoms with E-state index in [4.69, 9.17) is 0 Å². The van der Waals surface area contributed by atoms with Crippen LogP contribution in [-0.4, -0.2) is 0 Å². The second-order valence-electron chi connectivity index (χ2n) is 4.35. The average molecular weight is 262 g/mol. The van der Waals surface area contributed by atoms with Gasteiger partial charge in [-0.05, 0) is 46.5 Å². The van der Waals surface area contributed by atoms with Gasteiger partial charge in [0.2, 0.25) is 0 Å². The molecule has 0 heteroatoms. The van der Waals surface area contributed by atoms with Gasteiger partial charge >= 0.3 is 0 Å². The predicted octanol–water partition coefficient (Wildman–Crippen LogP) is 4.42. The van der Waals surface area contributed by atoms with Crippen molar-refractivity contribution in [3.05, 3.63) is 70.7 Å². The van der Waals surface area contributed by atoms with E-state index in [1.54, 1.807) is 0 Å². The molecule has 0 saturated heterocycles. The standard InChI is InChI=1S/C20H22/c1-7-12-14-19-15(6)16(9-3)17(10-4)18(11-5)20(19)13-8-2/h7-14H,3-6H2,1-2H3/b12-7-,13-8-,19-14+. The molecule has 0 spiro atoms. The normalized spacial score (nSPS) is 12.2. The van der Waals surface area contributed by atoms with E-state index in [-0.39, 0.29) is 0 Å². The largest absolute Gasteiger partial charge is 0.0984 e. The lowest BCUT2D eigenvalue weighted by atomic mass is 9.91. The van der Waals surface area contributed by atoms with Crippen LogP contribution in [0.15, 0.2) is 38.0 Å². The van der Waals surface area contributed by atoms with Gasteiger partial charge in [0.15, 0.2) is 0 Å². The maximum atomic E-state index is 4.22. The van der Waals surface area contributed by atoms with Crippen molar-refractivity contribution >= 4 is 37.0 Å². The van der Waals surface area contributed by atoms with Gasteiger partial charge < -0.3 is 0 Å². The fourth-order valence-electron chi connectivity index (χ4n) is 2.31. The van der Waals surface area contributed by atoms with Gasteiger partial charge in [-0.15, -0.1) is 0 Å². The summed E-state index contributed by atoms with van der Waals surface area (Å²) in [6.07, 6.45) is 15.7. The Bertz CT molecular complexity index is 695. The molecule has 0 atom stereocenters. The number of allylic oxidation sites excluding steroid dienone is 3. The number of hydrogen-bond acceptors (Lipinski definition) is 0. The molecule has 0 aromatic heterocycles. The first-order valence-electron chi connectivity index (χ1n) is 6.68. The minimum absolute atomic E-state index is 0.965. The van der Waals surface area contributed by atoms with E-state index >= 15 is 0 Å². The van der Waals surface area contributed by atoms with Gasteiger partial charge in [0, 0.05) is 0 Å². The molecule has 0 aliphatic rings. The first kappa shape index (κ1) is 15.7. The SMILES string of the molecule is C=Cc1c(C=C)c(/C=C\C)/c(=C/C=C\C)c(=C)c1C=C. The Kier molecular flexibility index (Phi) is 5.74. The van der Waals surface area contributed by atoms with Crippen LogP contribution in [0, 0.1) is 0 Å². The van der Waals surface area contributed by atoms with Crippen molar-refractivity contribution in [2.45, 2.75) is 13.8 Å². The van der Waals surface area contributed by atoms with Gasteiger partial charge in [0.05, 0.1) is 0 Å². The van der Waals surface area contributed by atoms with Gasteiger partial charge in [0.1, 0.15) is 0 Å². The Morgan fingerprint density at radius 2 is 1.30 bits per heavy atom. The van der Waals surface area contributed by atoms with E-state index in [9.17, 15) is 0 Å². The molecule has 0 saturated carbocycles. The van der Waals surface area contributed by atoms with Crippen LogP contribution in [0.5, 0.6) is 0 Å². The van der Waals surface area contributed by atoms with Crippen LogP contribution in [-0.2, 0) is 0 Å². The Morgan fingerprint density at radius 3 is 1.75 bits per heavy atom. The lowest BCUT2D eigenvalue weighted by Crippen LogP contribution is -2.31. The summed E-state index contributed by atoms with van der Waals surface area (Å²) in [5.41, 5.74) is 4.23. The van der Waals surface area contributed by atoms with Gasteiger partial charge in [-0.25, -0.2) is 0 Å². The van der Waals surface area contributed by atoms with Crippen molar-refractivity contribution < 1.29 is 0 Å². The summed E-state index contributed by atoms with van der Waals surface area (Å²) < 4.78 is 0. The quantitative estimate of drug-likeness (QED) is 0.737. The summed E-state index contributed by atoms with van der Waals surface area (Å²) in [5.74, 6) is 0. The molecule has 1 aromatic carbocycles. The highest BCUT2D eigenvalue weighted by Gasteiger charge is 2.09. The molecule has 0 radical (unpaired) electrons. The van der Waals surface area contributed by atoms with E-state index in [0.29, 0.717) is 0 Å². The summed E-state index contributed by atoms with van der Waals surface area (Å²) in [6, 6.07) is 0. The van der Waals surface area contributed by atoms with Crippen molar-refractivity contribution in [3.8, 4) is 0 Å². The third-order valence-corrected chi connectivity index (χ3v) is 3.21. The lowest BCUT2D eigenvalue weighted by Gasteiger charge is -2.12. The summed E-state index contributed by atoms with van der Waals surface area (Å²) in [7, 11) is 0. The maximum Gasteiger partial charge on any atom is -0.0103 e. The number of hydrogen-bond donors (Lipinski definition) is 0. The van der Waals surface area contributed by atoms with Gasteiger partial charge in [-0.3, -0.25) is 0 Å². The molecule has 0 aliphatic heterocycles. The van der Waals surface area contributed by atoms with Crippen LogP contribution in [0.2, 0.25) is 0 Å². The predicted molar refractivity (Wildman–Crippen MR) is 95.5 cm³/mol. The Morgan fingerprint density at radius 1 is 0.750 bits per heavy atom. The van der Waals surface area contributed by atoms with Crippen LogP contribution in [0.4, 0.5) is 0 Å². The lowest BCUT2D eigenvalue weighted by molar-refractivity contribution is 1.42. The highest BCUT2D eigenvalue weighted by molar-refractivity contribution is 5.80. The average Bonchev–Trinajstić information content (AvgIpc) is 2.46. The monoisotopic (exact) mass is 262 g/mol. The molecule has 0 nitrogen and oxygen atoms in total. The van der Waals surface area contributed by atoms with Crippen LogP contribution < -0.4 is 10.4 Å². The van der Waals surface area contributed by atoms with E-state index in [1.807, 2.05) is 50.3 Å². The van der Waals surface area contributed by atoms with Crippen molar-refractivity contribution in [2.24, 2.45) is 0 Å². The molecule has 0 heterocycles. The zero-order valence-corrected chi connectivity index (χ0v) is 12.4. The fraction of sp³-hybridized carbons (Fsp3) is 0.100. The number of rotatable bonds is 5. The molecule has 102 valence electrons.